The number of amidine groups is 1. The zero-order valence-electron chi connectivity index (χ0n) is 9.28. The average Bonchev–Trinajstić information content (AvgIpc) is 2.28. The predicted octanol–water partition coefficient (Wildman–Crippen LogP) is 4.54. The van der Waals surface area contributed by atoms with Gasteiger partial charge in [-0.15, -0.1) is 0 Å². The summed E-state index contributed by atoms with van der Waals surface area (Å²) in [6.45, 7) is 0. The third-order valence-electron chi connectivity index (χ3n) is 2.26. The summed E-state index contributed by atoms with van der Waals surface area (Å²) >= 11 is 11.0. The van der Waals surface area contributed by atoms with E-state index in [0.717, 1.165) is 19.3 Å². The monoisotopic (exact) mass is 340 g/mol. The predicted molar refractivity (Wildman–Crippen MR) is 80.7 cm³/mol. The molecular weight excluding hydrogens is 332 g/mol. The molecule has 0 fully saturated rings. The molecule has 0 aliphatic heterocycles. The molecule has 0 saturated carbocycles. The zero-order chi connectivity index (χ0) is 13.1. The molecule has 0 unspecified atom stereocenters. The molecule has 0 bridgehead atoms. The van der Waals surface area contributed by atoms with Gasteiger partial charge in [0, 0.05) is 24.8 Å². The second kappa shape index (κ2) is 5.78. The Labute approximate surface area is 123 Å². The van der Waals surface area contributed by atoms with Crippen LogP contribution < -0.4 is 5.73 Å². The van der Waals surface area contributed by atoms with E-state index in [0.29, 0.717) is 5.56 Å². The average molecular weight is 342 g/mol. The van der Waals surface area contributed by atoms with Gasteiger partial charge in [-0.1, -0.05) is 29.4 Å². The van der Waals surface area contributed by atoms with Gasteiger partial charge in [0.05, 0.1) is 0 Å². The third-order valence-corrected chi connectivity index (χ3v) is 4.13. The maximum Gasteiger partial charge on any atom is 0.123 e. The van der Waals surface area contributed by atoms with Crippen molar-refractivity contribution < 1.29 is 0 Å². The first kappa shape index (κ1) is 13.5. The van der Waals surface area contributed by atoms with Gasteiger partial charge in [0.25, 0.3) is 0 Å². The number of nitrogens with two attached hydrogens (primary N) is 1. The van der Waals surface area contributed by atoms with Crippen molar-refractivity contribution in [2.45, 2.75) is 9.79 Å². The van der Waals surface area contributed by atoms with Gasteiger partial charge in [0.2, 0.25) is 0 Å². The van der Waals surface area contributed by atoms with E-state index in [9.17, 15) is 0 Å². The minimum absolute atomic E-state index is 0.0566. The van der Waals surface area contributed by atoms with Crippen LogP contribution in [0.2, 0.25) is 5.02 Å². The van der Waals surface area contributed by atoms with Crippen molar-refractivity contribution in [3.8, 4) is 0 Å². The lowest BCUT2D eigenvalue weighted by molar-refractivity contribution is 1.35. The molecule has 0 radical (unpaired) electrons. The maximum absolute atomic E-state index is 7.42. The molecule has 2 rings (SSSR count). The van der Waals surface area contributed by atoms with Crippen LogP contribution in [-0.2, 0) is 0 Å². The molecule has 3 N–H and O–H groups in total. The van der Waals surface area contributed by atoms with Crippen molar-refractivity contribution in [3.63, 3.8) is 0 Å². The van der Waals surface area contributed by atoms with Gasteiger partial charge in [-0.05, 0) is 52.3 Å². The van der Waals surface area contributed by atoms with Gasteiger partial charge in [0.1, 0.15) is 5.84 Å². The van der Waals surface area contributed by atoms with Crippen molar-refractivity contribution in [2.75, 3.05) is 0 Å². The number of halogens is 2. The first-order chi connectivity index (χ1) is 8.56. The maximum atomic E-state index is 7.42. The summed E-state index contributed by atoms with van der Waals surface area (Å²) in [4.78, 5) is 2.14. The summed E-state index contributed by atoms with van der Waals surface area (Å²) < 4.78 is 0.821. The van der Waals surface area contributed by atoms with Crippen molar-refractivity contribution in [1.29, 1.82) is 5.41 Å². The van der Waals surface area contributed by atoms with E-state index in [1.54, 1.807) is 11.8 Å². The van der Waals surface area contributed by atoms with Crippen molar-refractivity contribution in [2.24, 2.45) is 5.73 Å². The second-order valence-corrected chi connectivity index (χ2v) is 6.05. The first-order valence-corrected chi connectivity index (χ1v) is 7.12. The normalized spacial score (nSPS) is 10.3. The van der Waals surface area contributed by atoms with Crippen LogP contribution in [0.5, 0.6) is 0 Å². The highest BCUT2D eigenvalue weighted by atomic mass is 79.9. The van der Waals surface area contributed by atoms with Crippen LogP contribution in [0.1, 0.15) is 5.56 Å². The summed E-state index contributed by atoms with van der Waals surface area (Å²) in [5.41, 5.74) is 6.17. The summed E-state index contributed by atoms with van der Waals surface area (Å²) in [7, 11) is 0. The standard InChI is InChI=1S/C13H10BrClN2S/c14-12-7-10(4-5-11(12)13(16)17)18-9-3-1-2-8(15)6-9/h1-7H,(H3,16,17). The van der Waals surface area contributed by atoms with Crippen LogP contribution in [-0.4, -0.2) is 5.84 Å². The lowest BCUT2D eigenvalue weighted by Gasteiger charge is -2.06. The van der Waals surface area contributed by atoms with Crippen molar-refractivity contribution in [3.05, 3.63) is 57.5 Å². The molecule has 0 aliphatic rings. The van der Waals surface area contributed by atoms with E-state index in [4.69, 9.17) is 22.7 Å². The molecular formula is C13H10BrClN2S. The van der Waals surface area contributed by atoms with Gasteiger partial charge in [-0.25, -0.2) is 0 Å². The number of nitrogens with one attached hydrogen (secondary N) is 1. The fourth-order valence-electron chi connectivity index (χ4n) is 1.44. The fourth-order valence-corrected chi connectivity index (χ4v) is 3.36. The van der Waals surface area contributed by atoms with E-state index >= 15 is 0 Å². The molecule has 0 amide bonds. The number of benzene rings is 2. The Kier molecular flexibility index (Phi) is 4.32. The molecule has 5 heteroatoms. The minimum Gasteiger partial charge on any atom is -0.384 e. The van der Waals surface area contributed by atoms with Gasteiger partial charge in [-0.3, -0.25) is 5.41 Å². The molecule has 2 aromatic carbocycles. The highest BCUT2D eigenvalue weighted by molar-refractivity contribution is 9.10. The van der Waals surface area contributed by atoms with E-state index in [1.807, 2.05) is 42.5 Å². The van der Waals surface area contributed by atoms with E-state index < -0.39 is 0 Å². The molecule has 18 heavy (non-hydrogen) atoms. The second-order valence-electron chi connectivity index (χ2n) is 3.61. The van der Waals surface area contributed by atoms with Crippen molar-refractivity contribution >= 4 is 45.1 Å². The quantitative estimate of drug-likeness (QED) is 0.636. The molecule has 0 saturated heterocycles. The lowest BCUT2D eigenvalue weighted by atomic mass is 10.2. The van der Waals surface area contributed by atoms with E-state index in [1.165, 1.54) is 0 Å². The van der Waals surface area contributed by atoms with Gasteiger partial charge >= 0.3 is 0 Å². The van der Waals surface area contributed by atoms with E-state index in [-0.39, 0.29) is 5.84 Å². The van der Waals surface area contributed by atoms with Gasteiger partial charge in [-0.2, -0.15) is 0 Å². The van der Waals surface area contributed by atoms with Gasteiger partial charge < -0.3 is 5.73 Å². The summed E-state index contributed by atoms with van der Waals surface area (Å²) in [5.74, 6) is 0.0566. The SMILES string of the molecule is N=C(N)c1ccc(Sc2cccc(Cl)c2)cc1Br. The molecule has 0 heterocycles. The molecule has 0 aliphatic carbocycles. The van der Waals surface area contributed by atoms with Crippen LogP contribution in [0.25, 0.3) is 0 Å². The summed E-state index contributed by atoms with van der Waals surface area (Å²) in [5, 5.41) is 8.14. The smallest absolute Gasteiger partial charge is 0.123 e. The largest absolute Gasteiger partial charge is 0.384 e. The number of rotatable bonds is 3. The summed E-state index contributed by atoms with van der Waals surface area (Å²) in [6.07, 6.45) is 0. The topological polar surface area (TPSA) is 49.9 Å². The summed E-state index contributed by atoms with van der Waals surface area (Å²) in [6, 6.07) is 13.4. The first-order valence-electron chi connectivity index (χ1n) is 5.13. The highest BCUT2D eigenvalue weighted by Crippen LogP contribution is 2.32. The lowest BCUT2D eigenvalue weighted by Crippen LogP contribution is -2.11. The van der Waals surface area contributed by atoms with E-state index in [2.05, 4.69) is 15.9 Å². The van der Waals surface area contributed by atoms with Crippen LogP contribution in [0.4, 0.5) is 0 Å². The van der Waals surface area contributed by atoms with Crippen LogP contribution in [0.15, 0.2) is 56.7 Å². The minimum atomic E-state index is 0.0566. The number of nitrogen functional groups attached to an aromatic ring is 1. The van der Waals surface area contributed by atoms with Gasteiger partial charge in [0.15, 0.2) is 0 Å². The molecule has 2 nitrogen and oxygen atoms in total. The Bertz CT molecular complexity index is 601. The Morgan fingerprint density at radius 1 is 1.17 bits per heavy atom. The molecule has 92 valence electrons. The third kappa shape index (κ3) is 3.28. The Hall–Kier alpha value is -0.970. The molecule has 0 atom stereocenters. The van der Waals surface area contributed by atoms with Crippen LogP contribution in [0.3, 0.4) is 0 Å². The number of hydrogen-bond acceptors (Lipinski definition) is 2. The highest BCUT2D eigenvalue weighted by Gasteiger charge is 2.05. The van der Waals surface area contributed by atoms with Crippen LogP contribution in [0, 0.1) is 5.41 Å². The molecule has 0 spiro atoms. The Balaban J connectivity index is 2.25. The number of hydrogen-bond donors (Lipinski definition) is 2. The molecule has 0 aromatic heterocycles. The Morgan fingerprint density at radius 2 is 1.89 bits per heavy atom. The zero-order valence-corrected chi connectivity index (χ0v) is 12.4. The molecule has 2 aromatic rings. The van der Waals surface area contributed by atoms with Crippen LogP contribution >= 0.6 is 39.3 Å². The van der Waals surface area contributed by atoms with Crippen molar-refractivity contribution in [1.82, 2.24) is 0 Å². The fraction of sp³-hybridized carbons (Fsp3) is 0. The Morgan fingerprint density at radius 3 is 2.50 bits per heavy atom.